The fourth-order valence-electron chi connectivity index (χ4n) is 1.32. The molecule has 1 aromatic carbocycles. The summed E-state index contributed by atoms with van der Waals surface area (Å²) < 4.78 is 0.844. The Kier molecular flexibility index (Phi) is 14.2. The van der Waals surface area contributed by atoms with Gasteiger partial charge in [0.2, 0.25) is 0 Å². The van der Waals surface area contributed by atoms with Gasteiger partial charge in [-0.1, -0.05) is 114 Å². The largest absolute Gasteiger partial charge is 0.0843 e. The Hall–Kier alpha value is 0.970. The van der Waals surface area contributed by atoms with Crippen LogP contribution in [0.2, 0.25) is 5.02 Å². The highest BCUT2D eigenvalue weighted by Crippen LogP contribution is 2.18. The summed E-state index contributed by atoms with van der Waals surface area (Å²) in [6, 6.07) is 9.44. The second-order valence-corrected chi connectivity index (χ2v) is 9.72. The van der Waals surface area contributed by atoms with E-state index in [4.69, 9.17) is 11.6 Å². The number of benzene rings is 1. The molecular weight excluding hydrogens is 457 g/mol. The van der Waals surface area contributed by atoms with E-state index in [1.165, 1.54) is 38.5 Å². The van der Waals surface area contributed by atoms with Crippen LogP contribution in [0.1, 0.15) is 45.4 Å². The van der Waals surface area contributed by atoms with E-state index in [-0.39, 0.29) is 0 Å². The minimum absolute atomic E-state index is 0.794. The number of hydrogen-bond acceptors (Lipinski definition) is 0. The molecule has 0 nitrogen and oxygen atoms in total. The molecule has 0 aromatic heterocycles. The molecule has 0 atom stereocenters. The molecule has 0 saturated heterocycles. The quantitative estimate of drug-likeness (QED) is 0.237. The molecule has 1 rings (SSSR count). The van der Waals surface area contributed by atoms with Crippen molar-refractivity contribution in [1.29, 1.82) is 0 Å². The molecule has 1 aromatic rings. The van der Waals surface area contributed by atoms with Crippen LogP contribution in [0.15, 0.2) is 30.3 Å². The van der Waals surface area contributed by atoms with Gasteiger partial charge in [0.15, 0.2) is 0 Å². The first-order chi connectivity index (χ1) is 8.16. The molecule has 3 heteroatoms. The van der Waals surface area contributed by atoms with Crippen molar-refractivity contribution in [1.82, 2.24) is 0 Å². The third-order valence-electron chi connectivity index (χ3n) is 2.26. The maximum atomic E-state index is 5.54. The maximum Gasteiger partial charge on any atom is 0.0626 e. The number of rotatable bonds is 6. The van der Waals surface area contributed by atoms with Gasteiger partial charge in [-0.25, -0.2) is 0 Å². The molecular formula is C14H21ClI2. The molecule has 0 aliphatic carbocycles. The average Bonchev–Trinajstić information content (AvgIpc) is 2.30. The number of unbranched alkanes of at least 4 members (excludes halogenated alkanes) is 4. The van der Waals surface area contributed by atoms with Crippen molar-refractivity contribution in [2.45, 2.75) is 47.4 Å². The lowest BCUT2D eigenvalue weighted by molar-refractivity contribution is 0.626. The highest BCUT2D eigenvalue weighted by molar-refractivity contribution is 14.2. The van der Waals surface area contributed by atoms with E-state index in [1.807, 2.05) is 30.3 Å². The Bertz CT molecular complexity index is 250. The molecule has 0 aliphatic heterocycles. The molecule has 0 spiro atoms. The Balaban J connectivity index is 0.000000318. The molecule has 98 valence electrons. The van der Waals surface area contributed by atoms with Crippen molar-refractivity contribution in [2.24, 2.45) is 0 Å². The molecule has 0 heterocycles. The summed E-state index contributed by atoms with van der Waals surface area (Å²) in [5.74, 6) is 0. The van der Waals surface area contributed by atoms with Gasteiger partial charge in [-0.15, -0.1) is 0 Å². The van der Waals surface area contributed by atoms with E-state index in [2.05, 4.69) is 52.1 Å². The summed E-state index contributed by atoms with van der Waals surface area (Å²) in [5.41, 5.74) is 0. The van der Waals surface area contributed by atoms with Crippen LogP contribution in [-0.2, 0) is 0 Å². The molecule has 0 unspecified atom stereocenters. The average molecular weight is 479 g/mol. The predicted octanol–water partition coefficient (Wildman–Crippen LogP) is 6.88. The monoisotopic (exact) mass is 478 g/mol. The molecule has 17 heavy (non-hydrogen) atoms. The molecule has 0 saturated carbocycles. The maximum absolute atomic E-state index is 5.54. The lowest BCUT2D eigenvalue weighted by atomic mass is 10.1. The van der Waals surface area contributed by atoms with E-state index in [0.717, 1.165) is 6.95 Å². The molecule has 0 bridgehead atoms. The zero-order valence-corrected chi connectivity index (χ0v) is 15.4. The van der Waals surface area contributed by atoms with Crippen LogP contribution in [0.4, 0.5) is 0 Å². The molecule has 0 fully saturated rings. The van der Waals surface area contributed by atoms with Crippen molar-refractivity contribution in [3.05, 3.63) is 35.4 Å². The van der Waals surface area contributed by atoms with E-state index in [1.54, 1.807) is 0 Å². The zero-order valence-electron chi connectivity index (χ0n) is 10.3. The zero-order chi connectivity index (χ0) is 12.9. The first-order valence-corrected chi connectivity index (χ1v) is 9.02. The van der Waals surface area contributed by atoms with Crippen LogP contribution < -0.4 is 0 Å². The van der Waals surface area contributed by atoms with Gasteiger partial charge in [-0.05, 0) is 18.6 Å². The lowest BCUT2D eigenvalue weighted by Gasteiger charge is -2.00. The van der Waals surface area contributed by atoms with Crippen molar-refractivity contribution in [2.75, 3.05) is 0 Å². The van der Waals surface area contributed by atoms with Gasteiger partial charge in [0.05, 0.1) is 1.93 Å². The van der Waals surface area contributed by atoms with Crippen molar-refractivity contribution in [3.63, 3.8) is 0 Å². The highest BCUT2D eigenvalue weighted by atomic mass is 127. The lowest BCUT2D eigenvalue weighted by Crippen LogP contribution is -1.84. The van der Waals surface area contributed by atoms with E-state index in [9.17, 15) is 0 Å². The Labute approximate surface area is 138 Å². The third kappa shape index (κ3) is 14.9. The Morgan fingerprint density at radius 1 is 1.00 bits per heavy atom. The fourth-order valence-corrected chi connectivity index (χ4v) is 2.34. The van der Waals surface area contributed by atoms with Crippen molar-refractivity contribution in [3.8, 4) is 0 Å². The van der Waals surface area contributed by atoms with Gasteiger partial charge in [-0.3, -0.25) is 0 Å². The summed E-state index contributed by atoms with van der Waals surface area (Å²) in [5, 5.41) is 0.794. The van der Waals surface area contributed by atoms with Gasteiger partial charge in [-0.2, -0.15) is 0 Å². The van der Waals surface area contributed by atoms with Crippen LogP contribution in [0.5, 0.6) is 0 Å². The summed E-state index contributed by atoms with van der Waals surface area (Å²) in [6.45, 7) is 2.26. The predicted molar refractivity (Wildman–Crippen MR) is 96.7 cm³/mol. The van der Waals surface area contributed by atoms with Crippen molar-refractivity contribution < 1.29 is 0 Å². The normalized spacial score (nSPS) is 9.94. The molecule has 0 amide bonds. The van der Waals surface area contributed by atoms with Gasteiger partial charge in [0.1, 0.15) is 0 Å². The van der Waals surface area contributed by atoms with Crippen LogP contribution in [0.25, 0.3) is 0 Å². The van der Waals surface area contributed by atoms with Crippen LogP contribution >= 0.6 is 56.8 Å². The fraction of sp³-hybridized carbons (Fsp3) is 0.571. The van der Waals surface area contributed by atoms with Gasteiger partial charge >= 0.3 is 0 Å². The Morgan fingerprint density at radius 3 is 2.00 bits per heavy atom. The molecule has 0 N–H and O–H groups in total. The summed E-state index contributed by atoms with van der Waals surface area (Å²) in [6.07, 6.45) is 8.49. The number of alkyl halides is 2. The number of halogens is 3. The topological polar surface area (TPSA) is 0 Å². The standard InChI is InChI=1S/C8H16I2.C6H5Cl/c1-2-3-4-5-6-7-8(9)10;7-6-4-2-1-3-5-6/h8H,2-7H2,1H3;1-5H. The first-order valence-electron chi connectivity index (χ1n) is 6.15. The minimum atomic E-state index is 0.794. The molecule has 0 aliphatic rings. The second-order valence-electron chi connectivity index (χ2n) is 3.89. The SMILES string of the molecule is CCCCCCCC(I)I.Clc1ccccc1. The van der Waals surface area contributed by atoms with E-state index < -0.39 is 0 Å². The van der Waals surface area contributed by atoms with Gasteiger partial charge in [0.25, 0.3) is 0 Å². The third-order valence-corrected chi connectivity index (χ3v) is 3.76. The van der Waals surface area contributed by atoms with Crippen molar-refractivity contribution >= 4 is 56.8 Å². The smallest absolute Gasteiger partial charge is 0.0626 e. The van der Waals surface area contributed by atoms with E-state index >= 15 is 0 Å². The Morgan fingerprint density at radius 2 is 1.59 bits per heavy atom. The second kappa shape index (κ2) is 13.4. The summed E-state index contributed by atoms with van der Waals surface area (Å²) in [7, 11) is 0. The summed E-state index contributed by atoms with van der Waals surface area (Å²) in [4.78, 5) is 0. The van der Waals surface area contributed by atoms with Crippen LogP contribution in [0.3, 0.4) is 0 Å². The minimum Gasteiger partial charge on any atom is -0.0843 e. The molecule has 0 radical (unpaired) electrons. The first kappa shape index (κ1) is 18.0. The van der Waals surface area contributed by atoms with Gasteiger partial charge in [0, 0.05) is 5.02 Å². The van der Waals surface area contributed by atoms with E-state index in [0.29, 0.717) is 0 Å². The highest BCUT2D eigenvalue weighted by Gasteiger charge is 1.95. The number of hydrogen-bond donors (Lipinski definition) is 0. The van der Waals surface area contributed by atoms with Crippen LogP contribution in [-0.4, -0.2) is 1.93 Å². The van der Waals surface area contributed by atoms with Crippen LogP contribution in [0, 0.1) is 0 Å². The van der Waals surface area contributed by atoms with Gasteiger partial charge < -0.3 is 0 Å². The summed E-state index contributed by atoms with van der Waals surface area (Å²) >= 11 is 10.5.